The van der Waals surface area contributed by atoms with E-state index in [2.05, 4.69) is 182 Å². The standard InChI is InChI=1S/2C18H15S.CF4/c2*1-4-10-16(11-5-1)19(17-12-6-2-7-13-17)18-14-8-3-9-15-18;2-1(3,4)5/h2*1-15H;/q2*+1;. The van der Waals surface area contributed by atoms with E-state index >= 15 is 0 Å². The van der Waals surface area contributed by atoms with Gasteiger partial charge in [-0.2, -0.15) is 0 Å². The fourth-order valence-corrected chi connectivity index (χ4v) is 8.36. The third-order valence-electron chi connectivity index (χ3n) is 5.87. The lowest BCUT2D eigenvalue weighted by Gasteiger charge is -2.07. The predicted molar refractivity (Wildman–Crippen MR) is 170 cm³/mol. The molecule has 0 heterocycles. The summed E-state index contributed by atoms with van der Waals surface area (Å²) in [5.41, 5.74) is 0. The molecule has 0 aliphatic carbocycles. The average molecular weight is 615 g/mol. The third kappa shape index (κ3) is 10.5. The van der Waals surface area contributed by atoms with Gasteiger partial charge >= 0.3 is 6.43 Å². The Hall–Kier alpha value is -4.26. The molecule has 0 aliphatic heterocycles. The zero-order valence-corrected chi connectivity index (χ0v) is 24.8. The number of benzene rings is 6. The molecule has 0 radical (unpaired) electrons. The van der Waals surface area contributed by atoms with E-state index in [0.29, 0.717) is 0 Å². The molecule has 0 fully saturated rings. The zero-order valence-electron chi connectivity index (χ0n) is 23.1. The van der Waals surface area contributed by atoms with Gasteiger partial charge in [-0.15, -0.1) is 17.6 Å². The minimum atomic E-state index is -5.50. The maximum absolute atomic E-state index is 9.69. The quantitative estimate of drug-likeness (QED) is 0.129. The maximum Gasteiger partial charge on any atom is 0.559 e. The monoisotopic (exact) mass is 614 g/mol. The van der Waals surface area contributed by atoms with Crippen LogP contribution in [0.3, 0.4) is 0 Å². The zero-order chi connectivity index (χ0) is 30.3. The molecule has 216 valence electrons. The number of halogens is 4. The Balaban J connectivity index is 0.000000171. The second kappa shape index (κ2) is 16.4. The van der Waals surface area contributed by atoms with Gasteiger partial charge in [0.15, 0.2) is 29.4 Å². The topological polar surface area (TPSA) is 0 Å². The van der Waals surface area contributed by atoms with Crippen LogP contribution < -0.4 is 0 Å². The summed E-state index contributed by atoms with van der Waals surface area (Å²) in [5.74, 6) is 0. The first-order valence-electron chi connectivity index (χ1n) is 13.4. The van der Waals surface area contributed by atoms with Crippen LogP contribution >= 0.6 is 0 Å². The molecular formula is C37H30F4S2+2. The molecule has 0 saturated carbocycles. The fraction of sp³-hybridized carbons (Fsp3) is 0.0270. The Morgan fingerprint density at radius 3 is 0.488 bits per heavy atom. The maximum atomic E-state index is 9.69. The molecule has 6 heteroatoms. The molecule has 6 rings (SSSR count). The number of rotatable bonds is 6. The van der Waals surface area contributed by atoms with Crippen LogP contribution in [0.15, 0.2) is 211 Å². The lowest BCUT2D eigenvalue weighted by Crippen LogP contribution is -2.04. The summed E-state index contributed by atoms with van der Waals surface area (Å²) in [7, 11) is -0.0293. The van der Waals surface area contributed by atoms with Crippen molar-refractivity contribution in [3.8, 4) is 0 Å². The van der Waals surface area contributed by atoms with E-state index < -0.39 is 6.43 Å². The highest BCUT2D eigenvalue weighted by atomic mass is 32.2. The van der Waals surface area contributed by atoms with Gasteiger partial charge < -0.3 is 0 Å². The smallest absolute Gasteiger partial charge is 0.140 e. The normalized spacial score (nSPS) is 10.7. The van der Waals surface area contributed by atoms with Crippen molar-refractivity contribution >= 4 is 21.8 Å². The minimum Gasteiger partial charge on any atom is -0.140 e. The van der Waals surface area contributed by atoms with Crippen molar-refractivity contribution in [1.29, 1.82) is 0 Å². The molecule has 0 atom stereocenters. The summed E-state index contributed by atoms with van der Waals surface area (Å²) in [5, 5.41) is 0. The van der Waals surface area contributed by atoms with Gasteiger partial charge in [0, 0.05) is 0 Å². The van der Waals surface area contributed by atoms with Gasteiger partial charge in [-0.1, -0.05) is 109 Å². The Bertz CT molecular complexity index is 1270. The van der Waals surface area contributed by atoms with Gasteiger partial charge in [-0.05, 0) is 72.8 Å². The summed E-state index contributed by atoms with van der Waals surface area (Å²) < 4.78 is 38.8. The van der Waals surface area contributed by atoms with E-state index in [1.165, 1.54) is 29.4 Å². The van der Waals surface area contributed by atoms with Crippen LogP contribution in [0.4, 0.5) is 17.6 Å². The Kier molecular flexibility index (Phi) is 12.1. The Labute approximate surface area is 256 Å². The van der Waals surface area contributed by atoms with Gasteiger partial charge in [0.05, 0.1) is 21.8 Å². The van der Waals surface area contributed by atoms with Crippen LogP contribution in [0.5, 0.6) is 0 Å². The third-order valence-corrected chi connectivity index (χ3v) is 10.3. The molecule has 43 heavy (non-hydrogen) atoms. The summed E-state index contributed by atoms with van der Waals surface area (Å²) in [4.78, 5) is 8.17. The molecule has 0 bridgehead atoms. The number of alkyl halides is 4. The first-order chi connectivity index (χ1) is 20.9. The van der Waals surface area contributed by atoms with E-state index in [1.807, 2.05) is 0 Å². The number of hydrogen-bond acceptors (Lipinski definition) is 0. The van der Waals surface area contributed by atoms with E-state index in [-0.39, 0.29) is 21.8 Å². The highest BCUT2D eigenvalue weighted by Gasteiger charge is 2.28. The fourth-order valence-electron chi connectivity index (χ4n) is 4.16. The van der Waals surface area contributed by atoms with E-state index in [9.17, 15) is 17.6 Å². The highest BCUT2D eigenvalue weighted by Crippen LogP contribution is 2.31. The lowest BCUT2D eigenvalue weighted by atomic mass is 10.4. The van der Waals surface area contributed by atoms with Crippen LogP contribution in [-0.4, -0.2) is 6.43 Å². The van der Waals surface area contributed by atoms with Crippen molar-refractivity contribution in [3.05, 3.63) is 182 Å². The van der Waals surface area contributed by atoms with Crippen molar-refractivity contribution in [2.75, 3.05) is 0 Å². The van der Waals surface area contributed by atoms with Crippen LogP contribution in [0.2, 0.25) is 0 Å². The van der Waals surface area contributed by atoms with E-state index in [4.69, 9.17) is 0 Å². The second-order valence-corrected chi connectivity index (χ2v) is 13.0. The second-order valence-electron chi connectivity index (χ2n) is 8.92. The molecule has 0 spiro atoms. The van der Waals surface area contributed by atoms with Crippen LogP contribution in [0.1, 0.15) is 0 Å². The largest absolute Gasteiger partial charge is 0.559 e. The van der Waals surface area contributed by atoms with Gasteiger partial charge in [0.25, 0.3) is 0 Å². The molecule has 0 aromatic heterocycles. The van der Waals surface area contributed by atoms with Crippen LogP contribution in [0, 0.1) is 0 Å². The minimum absolute atomic E-state index is 0.0146. The van der Waals surface area contributed by atoms with Crippen molar-refractivity contribution in [2.45, 2.75) is 35.8 Å². The molecular weight excluding hydrogens is 585 g/mol. The summed E-state index contributed by atoms with van der Waals surface area (Å²) in [6.07, 6.45) is -5.50. The van der Waals surface area contributed by atoms with E-state index in [1.54, 1.807) is 0 Å². The van der Waals surface area contributed by atoms with Gasteiger partial charge in [0.1, 0.15) is 0 Å². The number of hydrogen-bond donors (Lipinski definition) is 0. The van der Waals surface area contributed by atoms with Crippen LogP contribution in [-0.2, 0) is 21.8 Å². The molecule has 0 unspecified atom stereocenters. The van der Waals surface area contributed by atoms with Crippen molar-refractivity contribution in [2.24, 2.45) is 0 Å². The molecule has 0 saturated heterocycles. The first kappa shape index (κ1) is 31.7. The van der Waals surface area contributed by atoms with Crippen molar-refractivity contribution in [1.82, 2.24) is 0 Å². The van der Waals surface area contributed by atoms with Gasteiger partial charge in [-0.25, -0.2) is 0 Å². The average Bonchev–Trinajstić information content (AvgIpc) is 3.04. The highest BCUT2D eigenvalue weighted by molar-refractivity contribution is 7.97. The van der Waals surface area contributed by atoms with Gasteiger partial charge in [0.2, 0.25) is 0 Å². The molecule has 0 nitrogen and oxygen atoms in total. The molecule has 6 aromatic rings. The predicted octanol–water partition coefficient (Wildman–Crippen LogP) is 11.0. The molecule has 6 aromatic carbocycles. The SMILES string of the molecule is FC(F)(F)F.c1ccc([S+](c2ccccc2)c2ccccc2)cc1.c1ccc([S+](c2ccccc2)c2ccccc2)cc1. The van der Waals surface area contributed by atoms with Gasteiger partial charge in [-0.3, -0.25) is 0 Å². The van der Waals surface area contributed by atoms with Crippen molar-refractivity contribution in [3.63, 3.8) is 0 Å². The lowest BCUT2D eigenvalue weighted by molar-refractivity contribution is -0.237. The molecule has 0 aliphatic rings. The Morgan fingerprint density at radius 1 is 0.256 bits per heavy atom. The first-order valence-corrected chi connectivity index (χ1v) is 15.9. The summed E-state index contributed by atoms with van der Waals surface area (Å²) in [6.45, 7) is 0. The van der Waals surface area contributed by atoms with E-state index in [0.717, 1.165) is 0 Å². The van der Waals surface area contributed by atoms with Crippen molar-refractivity contribution < 1.29 is 17.6 Å². The molecule has 0 N–H and O–H groups in total. The van der Waals surface area contributed by atoms with Crippen LogP contribution in [0.25, 0.3) is 0 Å². The molecule has 0 amide bonds. The summed E-state index contributed by atoms with van der Waals surface area (Å²) >= 11 is 0. The summed E-state index contributed by atoms with van der Waals surface area (Å²) in [6, 6.07) is 64.3. The Morgan fingerprint density at radius 2 is 0.372 bits per heavy atom.